The summed E-state index contributed by atoms with van der Waals surface area (Å²) in [7, 11) is 0. The molecule has 0 aliphatic carbocycles. The zero-order valence-corrected chi connectivity index (χ0v) is 25.9. The molecule has 0 bridgehead atoms. The zero-order chi connectivity index (χ0) is 35.3. The third-order valence-corrected chi connectivity index (χ3v) is 8.96. The molecule has 0 saturated carbocycles. The molecule has 0 radical (unpaired) electrons. The molecule has 0 fully saturated rings. The highest BCUT2D eigenvalue weighted by atomic mass is 16.3. The number of anilines is 3. The number of benzene rings is 8. The zero-order valence-electron chi connectivity index (χ0n) is 29.9. The van der Waals surface area contributed by atoms with Crippen LogP contribution in [0.15, 0.2) is 192 Å². The Morgan fingerprint density at radius 1 is 0.396 bits per heavy atom. The van der Waals surface area contributed by atoms with Gasteiger partial charge in [0, 0.05) is 33.2 Å². The fraction of sp³-hybridized carbons (Fsp3) is 0. The monoisotopic (exact) mass is 617 g/mol. The Morgan fingerprint density at radius 3 is 1.58 bits per heavy atom. The Balaban J connectivity index is 1.23. The SMILES string of the molecule is [2H]c1c([2H])c(N(c2ccc(-c3ccccc3)cc2)c2ccc(-c3ccccc3)cc2)c([2H])c([2H])c1-c1cccc2oc3c4ccccc4ccc3c12. The summed E-state index contributed by atoms with van der Waals surface area (Å²) < 4.78 is 44.3. The number of nitrogens with zero attached hydrogens (tertiary/aromatic N) is 1. The summed E-state index contributed by atoms with van der Waals surface area (Å²) in [6.45, 7) is 0. The minimum absolute atomic E-state index is 0.120. The van der Waals surface area contributed by atoms with E-state index in [1.165, 1.54) is 0 Å². The number of hydrogen-bond acceptors (Lipinski definition) is 2. The van der Waals surface area contributed by atoms with E-state index in [0.29, 0.717) is 11.1 Å². The molecular weight excluding hydrogens is 583 g/mol. The fourth-order valence-corrected chi connectivity index (χ4v) is 6.59. The first kappa shape index (κ1) is 23.9. The van der Waals surface area contributed by atoms with Crippen LogP contribution in [0.1, 0.15) is 5.48 Å². The molecule has 9 aromatic rings. The van der Waals surface area contributed by atoms with Gasteiger partial charge in [-0.05, 0) is 87.2 Å². The third kappa shape index (κ3) is 4.92. The van der Waals surface area contributed by atoms with Crippen LogP contribution in [-0.2, 0) is 0 Å². The van der Waals surface area contributed by atoms with Crippen molar-refractivity contribution in [3.63, 3.8) is 0 Å². The molecule has 0 aliphatic rings. The first-order valence-electron chi connectivity index (χ1n) is 18.0. The fourth-order valence-electron chi connectivity index (χ4n) is 6.59. The standard InChI is InChI=1S/C46H31NO/c1-3-10-32(11-4-1)34-18-25-38(26-19-34)47(39-27-20-35(21-28-39)33-12-5-2-6-13-33)40-29-22-37(23-30-40)41-16-9-17-44-45(41)43-31-24-36-14-7-8-15-42(36)46(43)48-44/h1-31H/i22D,23D,29D,30D. The lowest BCUT2D eigenvalue weighted by atomic mass is 9.98. The van der Waals surface area contributed by atoms with Gasteiger partial charge in [0.1, 0.15) is 11.2 Å². The molecule has 0 saturated heterocycles. The van der Waals surface area contributed by atoms with Crippen LogP contribution in [0.3, 0.4) is 0 Å². The quantitative estimate of drug-likeness (QED) is 0.185. The first-order valence-corrected chi connectivity index (χ1v) is 16.0. The van der Waals surface area contributed by atoms with Crippen molar-refractivity contribution >= 4 is 49.8 Å². The average Bonchev–Trinajstić information content (AvgIpc) is 3.60. The van der Waals surface area contributed by atoms with Gasteiger partial charge in [0.15, 0.2) is 0 Å². The van der Waals surface area contributed by atoms with Gasteiger partial charge in [-0.3, -0.25) is 0 Å². The van der Waals surface area contributed by atoms with Gasteiger partial charge >= 0.3 is 0 Å². The van der Waals surface area contributed by atoms with Gasteiger partial charge in [-0.25, -0.2) is 0 Å². The van der Waals surface area contributed by atoms with Crippen molar-refractivity contribution in [1.82, 2.24) is 0 Å². The van der Waals surface area contributed by atoms with E-state index in [1.807, 2.05) is 144 Å². The summed E-state index contributed by atoms with van der Waals surface area (Å²) in [6.07, 6.45) is 0. The predicted molar refractivity (Wildman–Crippen MR) is 202 cm³/mol. The van der Waals surface area contributed by atoms with Crippen molar-refractivity contribution in [3.8, 4) is 33.4 Å². The Hall–Kier alpha value is -6.38. The van der Waals surface area contributed by atoms with Crippen molar-refractivity contribution in [3.05, 3.63) is 188 Å². The molecule has 9 rings (SSSR count). The molecule has 0 amide bonds. The van der Waals surface area contributed by atoms with Crippen LogP contribution >= 0.6 is 0 Å². The summed E-state index contributed by atoms with van der Waals surface area (Å²) in [5.41, 5.74) is 8.03. The molecule has 1 heterocycles. The molecule has 48 heavy (non-hydrogen) atoms. The van der Waals surface area contributed by atoms with E-state index in [-0.39, 0.29) is 35.4 Å². The molecule has 8 aromatic carbocycles. The Bertz CT molecular complexity index is 2650. The van der Waals surface area contributed by atoms with E-state index >= 15 is 0 Å². The Kier molecular flexibility index (Phi) is 5.85. The highest BCUT2D eigenvalue weighted by molar-refractivity contribution is 6.19. The molecule has 0 spiro atoms. The normalized spacial score (nSPS) is 12.5. The maximum absolute atomic E-state index is 9.49. The van der Waals surface area contributed by atoms with Crippen molar-refractivity contribution in [2.24, 2.45) is 0 Å². The largest absolute Gasteiger partial charge is 0.455 e. The van der Waals surface area contributed by atoms with E-state index in [1.54, 1.807) is 0 Å². The second-order valence-electron chi connectivity index (χ2n) is 11.8. The molecule has 0 aliphatic heterocycles. The molecular formula is C46H31NO. The highest BCUT2D eigenvalue weighted by Crippen LogP contribution is 2.41. The van der Waals surface area contributed by atoms with Gasteiger partial charge in [-0.1, -0.05) is 139 Å². The maximum Gasteiger partial charge on any atom is 0.143 e. The van der Waals surface area contributed by atoms with Crippen molar-refractivity contribution < 1.29 is 9.90 Å². The van der Waals surface area contributed by atoms with Crippen LogP contribution < -0.4 is 4.90 Å². The molecule has 2 heteroatoms. The number of rotatable bonds is 6. The summed E-state index contributed by atoms with van der Waals surface area (Å²) in [4.78, 5) is 1.83. The molecule has 0 atom stereocenters. The van der Waals surface area contributed by atoms with Crippen molar-refractivity contribution in [1.29, 1.82) is 0 Å². The van der Waals surface area contributed by atoms with Crippen LogP contribution in [0.4, 0.5) is 17.1 Å². The second-order valence-corrected chi connectivity index (χ2v) is 11.8. The van der Waals surface area contributed by atoms with E-state index in [0.717, 1.165) is 60.8 Å². The van der Waals surface area contributed by atoms with Gasteiger partial charge in [0.05, 0.1) is 5.48 Å². The van der Waals surface area contributed by atoms with Crippen LogP contribution in [0.2, 0.25) is 0 Å². The Labute approximate surface area is 285 Å². The van der Waals surface area contributed by atoms with E-state index < -0.39 is 0 Å². The topological polar surface area (TPSA) is 16.4 Å². The van der Waals surface area contributed by atoms with E-state index in [4.69, 9.17) is 4.42 Å². The molecule has 2 nitrogen and oxygen atoms in total. The van der Waals surface area contributed by atoms with Crippen LogP contribution in [0, 0.1) is 0 Å². The van der Waals surface area contributed by atoms with Gasteiger partial charge < -0.3 is 9.32 Å². The predicted octanol–water partition coefficient (Wildman–Crippen LogP) is 13.2. The second kappa shape index (κ2) is 11.8. The van der Waals surface area contributed by atoms with E-state index in [2.05, 4.69) is 24.3 Å². The van der Waals surface area contributed by atoms with E-state index in [9.17, 15) is 5.48 Å². The Morgan fingerprint density at radius 2 is 0.958 bits per heavy atom. The smallest absolute Gasteiger partial charge is 0.143 e. The first-order chi connectivity index (χ1) is 25.5. The lowest BCUT2D eigenvalue weighted by Crippen LogP contribution is -2.09. The van der Waals surface area contributed by atoms with Crippen molar-refractivity contribution in [2.45, 2.75) is 0 Å². The molecule has 0 unspecified atom stereocenters. The number of fused-ring (bicyclic) bond motifs is 5. The summed E-state index contributed by atoms with van der Waals surface area (Å²) in [5.74, 6) is 0. The average molecular weight is 618 g/mol. The number of furan rings is 1. The summed E-state index contributed by atoms with van der Waals surface area (Å²) in [5, 5.41) is 3.66. The highest BCUT2D eigenvalue weighted by Gasteiger charge is 2.17. The molecule has 226 valence electrons. The summed E-state index contributed by atoms with van der Waals surface area (Å²) in [6, 6.07) is 53.4. The van der Waals surface area contributed by atoms with Crippen molar-refractivity contribution in [2.75, 3.05) is 4.90 Å². The molecule has 1 aromatic heterocycles. The van der Waals surface area contributed by atoms with Gasteiger partial charge in [-0.15, -0.1) is 0 Å². The third-order valence-electron chi connectivity index (χ3n) is 8.96. The van der Waals surface area contributed by atoms with Gasteiger partial charge in [-0.2, -0.15) is 0 Å². The van der Waals surface area contributed by atoms with Gasteiger partial charge in [0.25, 0.3) is 0 Å². The maximum atomic E-state index is 9.49. The van der Waals surface area contributed by atoms with Gasteiger partial charge in [0.2, 0.25) is 0 Å². The minimum atomic E-state index is -0.134. The lowest BCUT2D eigenvalue weighted by Gasteiger charge is -2.26. The number of hydrogen-bond donors (Lipinski definition) is 0. The minimum Gasteiger partial charge on any atom is -0.455 e. The van der Waals surface area contributed by atoms with Crippen LogP contribution in [-0.4, -0.2) is 0 Å². The van der Waals surface area contributed by atoms with Crippen LogP contribution in [0.25, 0.3) is 66.1 Å². The summed E-state index contributed by atoms with van der Waals surface area (Å²) >= 11 is 0. The lowest BCUT2D eigenvalue weighted by molar-refractivity contribution is 0.673. The molecule has 0 N–H and O–H groups in total. The van der Waals surface area contributed by atoms with Crippen LogP contribution in [0.5, 0.6) is 0 Å².